The number of hydrogen-bond acceptors (Lipinski definition) is 4. The van der Waals surface area contributed by atoms with Gasteiger partial charge in [0.25, 0.3) is 0 Å². The summed E-state index contributed by atoms with van der Waals surface area (Å²) in [6.07, 6.45) is 0.430. The Labute approximate surface area is 135 Å². The topological polar surface area (TPSA) is 66.9 Å². The molecule has 0 aliphatic heterocycles. The molecule has 0 aromatic carbocycles. The van der Waals surface area contributed by atoms with Gasteiger partial charge in [-0.15, -0.1) is 0 Å². The molecule has 0 fully saturated rings. The Morgan fingerprint density at radius 3 is 2.57 bits per heavy atom. The van der Waals surface area contributed by atoms with Gasteiger partial charge in [0, 0.05) is 31.0 Å². The smallest absolute Gasteiger partial charge is 0.221 e. The highest BCUT2D eigenvalue weighted by Crippen LogP contribution is 2.22. The van der Waals surface area contributed by atoms with Gasteiger partial charge in [0.05, 0.1) is 0 Å². The van der Waals surface area contributed by atoms with E-state index in [0.717, 1.165) is 16.2 Å². The van der Waals surface area contributed by atoms with Crippen LogP contribution in [0.1, 0.15) is 46.9 Å². The fourth-order valence-corrected chi connectivity index (χ4v) is 1.94. The molecule has 0 bridgehead atoms. The average molecular weight is 357 g/mol. The molecule has 0 saturated heterocycles. The Bertz CT molecular complexity index is 483. The number of amides is 1. The Morgan fingerprint density at radius 1 is 1.33 bits per heavy atom. The standard InChI is InChI=1S/C15H25BrN4O/c1-10(2)9-18-13(21)6-7-17-12-8-11(16)19-14(20-12)15(3,4)5/h8,10H,6-7,9H2,1-5H3,(H,18,21)(H,17,19,20). The van der Waals surface area contributed by atoms with E-state index in [2.05, 4.69) is 71.2 Å². The van der Waals surface area contributed by atoms with Gasteiger partial charge in [-0.1, -0.05) is 34.6 Å². The van der Waals surface area contributed by atoms with Gasteiger partial charge >= 0.3 is 0 Å². The van der Waals surface area contributed by atoms with Crippen LogP contribution in [-0.4, -0.2) is 29.0 Å². The third kappa shape index (κ3) is 6.89. The first kappa shape index (κ1) is 17.9. The van der Waals surface area contributed by atoms with Crippen LogP contribution >= 0.6 is 15.9 Å². The van der Waals surface area contributed by atoms with Gasteiger partial charge in [0.15, 0.2) is 0 Å². The predicted octanol–water partition coefficient (Wildman–Crippen LogP) is 3.11. The lowest BCUT2D eigenvalue weighted by atomic mass is 9.96. The summed E-state index contributed by atoms with van der Waals surface area (Å²) in [5.41, 5.74) is -0.116. The van der Waals surface area contributed by atoms with Gasteiger partial charge in [-0.2, -0.15) is 0 Å². The third-order valence-corrected chi connectivity index (χ3v) is 3.14. The zero-order chi connectivity index (χ0) is 16.0. The quantitative estimate of drug-likeness (QED) is 0.768. The molecule has 5 nitrogen and oxygen atoms in total. The van der Waals surface area contributed by atoms with Crippen LogP contribution in [-0.2, 0) is 10.2 Å². The summed E-state index contributed by atoms with van der Waals surface area (Å²) in [5.74, 6) is 2.02. The van der Waals surface area contributed by atoms with Crippen LogP contribution in [0.2, 0.25) is 0 Å². The highest BCUT2D eigenvalue weighted by molar-refractivity contribution is 9.10. The van der Waals surface area contributed by atoms with Crippen molar-refractivity contribution in [2.45, 2.75) is 46.5 Å². The van der Waals surface area contributed by atoms with E-state index in [1.165, 1.54) is 0 Å². The van der Waals surface area contributed by atoms with Gasteiger partial charge in [-0.05, 0) is 21.8 Å². The van der Waals surface area contributed by atoms with E-state index in [-0.39, 0.29) is 11.3 Å². The average Bonchev–Trinajstić information content (AvgIpc) is 2.34. The number of halogens is 1. The van der Waals surface area contributed by atoms with Crippen molar-refractivity contribution in [1.29, 1.82) is 0 Å². The summed E-state index contributed by atoms with van der Waals surface area (Å²) < 4.78 is 0.745. The Hall–Kier alpha value is -1.17. The van der Waals surface area contributed by atoms with Crippen molar-refractivity contribution in [2.24, 2.45) is 5.92 Å². The molecule has 21 heavy (non-hydrogen) atoms. The zero-order valence-electron chi connectivity index (χ0n) is 13.5. The number of nitrogens with one attached hydrogen (secondary N) is 2. The number of rotatable bonds is 6. The van der Waals surface area contributed by atoms with Crippen molar-refractivity contribution in [1.82, 2.24) is 15.3 Å². The Balaban J connectivity index is 2.52. The number of nitrogens with zero attached hydrogens (tertiary/aromatic N) is 2. The first-order valence-corrected chi connectivity index (χ1v) is 8.03. The van der Waals surface area contributed by atoms with Crippen LogP contribution in [0.15, 0.2) is 10.7 Å². The molecule has 0 unspecified atom stereocenters. The summed E-state index contributed by atoms with van der Waals surface area (Å²) in [6, 6.07) is 1.82. The largest absolute Gasteiger partial charge is 0.369 e. The number of hydrogen-bond donors (Lipinski definition) is 2. The maximum Gasteiger partial charge on any atom is 0.221 e. The van der Waals surface area contributed by atoms with E-state index in [9.17, 15) is 4.79 Å². The molecular weight excluding hydrogens is 332 g/mol. The summed E-state index contributed by atoms with van der Waals surface area (Å²) >= 11 is 3.40. The van der Waals surface area contributed by atoms with Crippen molar-refractivity contribution in [3.05, 3.63) is 16.5 Å². The number of aromatic nitrogens is 2. The van der Waals surface area contributed by atoms with E-state index in [1.54, 1.807) is 0 Å². The normalized spacial score (nSPS) is 11.6. The highest BCUT2D eigenvalue weighted by atomic mass is 79.9. The molecule has 6 heteroatoms. The summed E-state index contributed by atoms with van der Waals surface area (Å²) in [7, 11) is 0. The number of carbonyl (C=O) groups is 1. The Kier molecular flexibility index (Phi) is 6.58. The van der Waals surface area contributed by atoms with Crippen molar-refractivity contribution < 1.29 is 4.79 Å². The van der Waals surface area contributed by atoms with E-state index < -0.39 is 0 Å². The van der Waals surface area contributed by atoms with Crippen molar-refractivity contribution >= 4 is 27.7 Å². The van der Waals surface area contributed by atoms with Crippen LogP contribution < -0.4 is 10.6 Å². The molecule has 1 aromatic heterocycles. The van der Waals surface area contributed by atoms with Crippen LogP contribution in [0.4, 0.5) is 5.82 Å². The molecule has 1 amide bonds. The molecule has 1 rings (SSSR count). The third-order valence-electron chi connectivity index (χ3n) is 2.73. The molecular formula is C15H25BrN4O. The second-order valence-corrected chi connectivity index (χ2v) is 7.34. The zero-order valence-corrected chi connectivity index (χ0v) is 15.0. The summed E-state index contributed by atoms with van der Waals surface area (Å²) in [5, 5.41) is 6.07. The molecule has 1 aromatic rings. The second kappa shape index (κ2) is 7.73. The first-order valence-electron chi connectivity index (χ1n) is 7.24. The SMILES string of the molecule is CC(C)CNC(=O)CCNc1cc(Br)nc(C(C)(C)C)n1. The highest BCUT2D eigenvalue weighted by Gasteiger charge is 2.18. The molecule has 0 radical (unpaired) electrons. The van der Waals surface area contributed by atoms with Gasteiger partial charge < -0.3 is 10.6 Å². The summed E-state index contributed by atoms with van der Waals surface area (Å²) in [4.78, 5) is 20.5. The minimum Gasteiger partial charge on any atom is -0.369 e. The molecule has 0 saturated carbocycles. The summed E-state index contributed by atoms with van der Waals surface area (Å²) in [6.45, 7) is 11.6. The molecule has 0 spiro atoms. The number of carbonyl (C=O) groups excluding carboxylic acids is 1. The maximum atomic E-state index is 11.6. The lowest BCUT2D eigenvalue weighted by Crippen LogP contribution is -2.28. The van der Waals surface area contributed by atoms with E-state index in [0.29, 0.717) is 25.4 Å². The maximum absolute atomic E-state index is 11.6. The van der Waals surface area contributed by atoms with Gasteiger partial charge in [-0.3, -0.25) is 4.79 Å². The lowest BCUT2D eigenvalue weighted by molar-refractivity contribution is -0.120. The molecule has 2 N–H and O–H groups in total. The van der Waals surface area contributed by atoms with Crippen LogP contribution in [0, 0.1) is 5.92 Å². The predicted molar refractivity (Wildman–Crippen MR) is 89.4 cm³/mol. The molecule has 0 aliphatic rings. The molecule has 1 heterocycles. The second-order valence-electron chi connectivity index (χ2n) is 6.52. The van der Waals surface area contributed by atoms with Crippen LogP contribution in [0.3, 0.4) is 0 Å². The van der Waals surface area contributed by atoms with E-state index >= 15 is 0 Å². The fourth-order valence-electron chi connectivity index (χ4n) is 1.55. The minimum atomic E-state index is -0.116. The Morgan fingerprint density at radius 2 is 2.00 bits per heavy atom. The van der Waals surface area contributed by atoms with Gasteiger partial charge in [-0.25, -0.2) is 9.97 Å². The lowest BCUT2D eigenvalue weighted by Gasteiger charge is -2.18. The van der Waals surface area contributed by atoms with Gasteiger partial charge in [0.2, 0.25) is 5.91 Å². The van der Waals surface area contributed by atoms with E-state index in [4.69, 9.17) is 0 Å². The van der Waals surface area contributed by atoms with Crippen LogP contribution in [0.25, 0.3) is 0 Å². The fraction of sp³-hybridized carbons (Fsp3) is 0.667. The van der Waals surface area contributed by atoms with Gasteiger partial charge in [0.1, 0.15) is 16.2 Å². The first-order chi connectivity index (χ1) is 9.68. The molecule has 118 valence electrons. The molecule has 0 aliphatic carbocycles. The van der Waals surface area contributed by atoms with Crippen molar-refractivity contribution in [3.63, 3.8) is 0 Å². The monoisotopic (exact) mass is 356 g/mol. The van der Waals surface area contributed by atoms with Crippen molar-refractivity contribution in [2.75, 3.05) is 18.4 Å². The number of anilines is 1. The molecule has 0 atom stereocenters. The van der Waals surface area contributed by atoms with Crippen molar-refractivity contribution in [3.8, 4) is 0 Å². The van der Waals surface area contributed by atoms with E-state index in [1.807, 2.05) is 6.07 Å². The minimum absolute atomic E-state index is 0.0559. The van der Waals surface area contributed by atoms with Crippen LogP contribution in [0.5, 0.6) is 0 Å².